The zero-order valence-corrected chi connectivity index (χ0v) is 10.2. The molecule has 1 spiro atoms. The molecule has 0 aromatic heterocycles. The van der Waals surface area contributed by atoms with E-state index in [-0.39, 0.29) is 18.7 Å². The van der Waals surface area contributed by atoms with Crippen LogP contribution in [0.1, 0.15) is 12.8 Å². The van der Waals surface area contributed by atoms with Gasteiger partial charge in [-0.15, -0.1) is 0 Å². The van der Waals surface area contributed by atoms with Crippen molar-refractivity contribution in [2.75, 3.05) is 0 Å². The van der Waals surface area contributed by atoms with E-state index in [0.717, 1.165) is 0 Å². The summed E-state index contributed by atoms with van der Waals surface area (Å²) in [6.07, 6.45) is 0.416. The number of carbonyl (C=O) groups excluding carboxylic acids is 1. The fraction of sp³-hybridized carbons (Fsp3) is 0.364. The molecule has 0 radical (unpaired) electrons. The molecule has 0 saturated heterocycles. The molecule has 1 aliphatic carbocycles. The second-order valence-corrected chi connectivity index (χ2v) is 6.79. The Morgan fingerprint density at radius 1 is 1.22 bits per heavy atom. The Morgan fingerprint density at radius 2 is 1.89 bits per heavy atom. The van der Waals surface area contributed by atoms with Crippen molar-refractivity contribution in [3.63, 3.8) is 0 Å². The van der Waals surface area contributed by atoms with E-state index in [1.165, 1.54) is 0 Å². The molecule has 1 heterocycles. The first kappa shape index (κ1) is 11.3. The van der Waals surface area contributed by atoms with Crippen LogP contribution < -0.4 is 5.43 Å². The number of amides is 1. The SMILES string of the molecule is O=C1NN=NC12CC(S(=O)(=O)c1ccccc1)C2. The van der Waals surface area contributed by atoms with Crippen LogP contribution in [0.3, 0.4) is 0 Å². The average Bonchev–Trinajstić information content (AvgIpc) is 2.70. The quantitative estimate of drug-likeness (QED) is 0.860. The minimum Gasteiger partial charge on any atom is -0.270 e. The molecule has 0 atom stereocenters. The van der Waals surface area contributed by atoms with Crippen LogP contribution in [-0.2, 0) is 14.6 Å². The monoisotopic (exact) mass is 265 g/mol. The molecule has 1 saturated carbocycles. The number of hydrogen-bond acceptors (Lipinski definition) is 5. The highest BCUT2D eigenvalue weighted by Crippen LogP contribution is 2.44. The van der Waals surface area contributed by atoms with E-state index in [4.69, 9.17) is 0 Å². The summed E-state index contributed by atoms with van der Waals surface area (Å²) in [5.41, 5.74) is 1.31. The lowest BCUT2D eigenvalue weighted by molar-refractivity contribution is -0.126. The summed E-state index contributed by atoms with van der Waals surface area (Å²) in [5.74, 6) is -0.304. The lowest BCUT2D eigenvalue weighted by Crippen LogP contribution is -2.54. The predicted octanol–water partition coefficient (Wildman–Crippen LogP) is 0.858. The number of carbonyl (C=O) groups is 1. The first-order valence-corrected chi connectivity index (χ1v) is 7.11. The van der Waals surface area contributed by atoms with Gasteiger partial charge in [-0.05, 0) is 12.1 Å². The van der Waals surface area contributed by atoms with Gasteiger partial charge in [-0.2, -0.15) is 5.11 Å². The minimum atomic E-state index is -3.37. The first-order valence-electron chi connectivity index (χ1n) is 5.56. The van der Waals surface area contributed by atoms with Crippen molar-refractivity contribution in [3.05, 3.63) is 30.3 Å². The molecular weight excluding hydrogens is 254 g/mol. The molecule has 1 amide bonds. The first-order chi connectivity index (χ1) is 8.55. The fourth-order valence-corrected chi connectivity index (χ4v) is 4.21. The largest absolute Gasteiger partial charge is 0.271 e. The summed E-state index contributed by atoms with van der Waals surface area (Å²) in [6.45, 7) is 0. The molecule has 3 rings (SSSR count). The van der Waals surface area contributed by atoms with E-state index in [1.807, 2.05) is 0 Å². The van der Waals surface area contributed by atoms with Crippen LogP contribution in [0.25, 0.3) is 0 Å². The van der Waals surface area contributed by atoms with Crippen molar-refractivity contribution in [2.45, 2.75) is 28.5 Å². The molecule has 1 N–H and O–H groups in total. The third-order valence-electron chi connectivity index (χ3n) is 3.46. The van der Waals surface area contributed by atoms with Crippen molar-refractivity contribution in [3.8, 4) is 0 Å². The van der Waals surface area contributed by atoms with Crippen LogP contribution >= 0.6 is 0 Å². The van der Waals surface area contributed by atoms with Gasteiger partial charge in [0.25, 0.3) is 5.91 Å². The molecule has 6 nitrogen and oxygen atoms in total. The molecule has 0 bridgehead atoms. The second-order valence-electron chi connectivity index (χ2n) is 4.56. The molecule has 1 aromatic carbocycles. The van der Waals surface area contributed by atoms with Gasteiger partial charge in [0, 0.05) is 12.8 Å². The van der Waals surface area contributed by atoms with Gasteiger partial charge in [0.1, 0.15) is 0 Å². The normalized spacial score (nSPS) is 30.2. The Labute approximate surface area is 104 Å². The van der Waals surface area contributed by atoms with Gasteiger partial charge in [0.2, 0.25) is 0 Å². The molecule has 2 aliphatic rings. The van der Waals surface area contributed by atoms with Crippen molar-refractivity contribution in [1.82, 2.24) is 5.43 Å². The van der Waals surface area contributed by atoms with E-state index in [1.54, 1.807) is 30.3 Å². The Bertz CT molecular complexity index is 618. The predicted molar refractivity (Wildman–Crippen MR) is 62.4 cm³/mol. The van der Waals surface area contributed by atoms with E-state index in [9.17, 15) is 13.2 Å². The van der Waals surface area contributed by atoms with Crippen LogP contribution in [0.15, 0.2) is 45.6 Å². The van der Waals surface area contributed by atoms with E-state index < -0.39 is 20.6 Å². The Hall–Kier alpha value is -1.76. The van der Waals surface area contributed by atoms with Crippen molar-refractivity contribution in [2.24, 2.45) is 10.3 Å². The Balaban J connectivity index is 1.83. The fourth-order valence-electron chi connectivity index (χ4n) is 2.30. The van der Waals surface area contributed by atoms with Crippen LogP contribution in [0.4, 0.5) is 0 Å². The smallest absolute Gasteiger partial charge is 0.270 e. The van der Waals surface area contributed by atoms with Crippen LogP contribution in [0.5, 0.6) is 0 Å². The molecule has 1 aliphatic heterocycles. The zero-order chi connectivity index (χ0) is 12.8. The van der Waals surface area contributed by atoms with Gasteiger partial charge in [-0.25, -0.2) is 13.8 Å². The number of sulfone groups is 1. The average molecular weight is 265 g/mol. The zero-order valence-electron chi connectivity index (χ0n) is 9.41. The highest BCUT2D eigenvalue weighted by atomic mass is 32.2. The summed E-state index contributed by atoms with van der Waals surface area (Å²) in [4.78, 5) is 11.8. The molecular formula is C11H11N3O3S. The van der Waals surface area contributed by atoms with Gasteiger partial charge >= 0.3 is 0 Å². The molecule has 1 aromatic rings. The van der Waals surface area contributed by atoms with Gasteiger partial charge in [0.15, 0.2) is 15.4 Å². The minimum absolute atomic E-state index is 0.208. The maximum Gasteiger partial charge on any atom is 0.271 e. The third-order valence-corrected chi connectivity index (χ3v) is 5.60. The topological polar surface area (TPSA) is 88.0 Å². The number of nitrogens with zero attached hydrogens (tertiary/aromatic N) is 2. The maximum absolute atomic E-state index is 12.3. The van der Waals surface area contributed by atoms with Crippen molar-refractivity contribution in [1.29, 1.82) is 0 Å². The number of nitrogens with one attached hydrogen (secondary N) is 1. The van der Waals surface area contributed by atoms with Gasteiger partial charge < -0.3 is 0 Å². The van der Waals surface area contributed by atoms with E-state index >= 15 is 0 Å². The van der Waals surface area contributed by atoms with Crippen molar-refractivity contribution >= 4 is 15.7 Å². The summed E-state index contributed by atoms with van der Waals surface area (Å²) in [5, 5.41) is 6.72. The summed E-state index contributed by atoms with van der Waals surface area (Å²) in [7, 11) is -3.37. The summed E-state index contributed by atoms with van der Waals surface area (Å²) in [6, 6.07) is 8.26. The number of rotatable bonds is 2. The lowest BCUT2D eigenvalue weighted by Gasteiger charge is -2.38. The van der Waals surface area contributed by atoms with Crippen molar-refractivity contribution < 1.29 is 13.2 Å². The molecule has 7 heteroatoms. The Morgan fingerprint density at radius 3 is 2.44 bits per heavy atom. The summed E-state index contributed by atoms with van der Waals surface area (Å²) < 4.78 is 24.5. The number of hydrogen-bond donors (Lipinski definition) is 1. The van der Waals surface area contributed by atoms with Crippen LogP contribution in [-0.4, -0.2) is 25.1 Å². The highest BCUT2D eigenvalue weighted by Gasteiger charge is 2.57. The van der Waals surface area contributed by atoms with E-state index in [2.05, 4.69) is 15.8 Å². The molecule has 1 fully saturated rings. The lowest BCUT2D eigenvalue weighted by atomic mass is 9.76. The summed E-state index contributed by atoms with van der Waals surface area (Å²) >= 11 is 0. The number of benzene rings is 1. The molecule has 0 unspecified atom stereocenters. The molecule has 94 valence electrons. The third kappa shape index (κ3) is 1.47. The second kappa shape index (κ2) is 3.61. The van der Waals surface area contributed by atoms with E-state index in [0.29, 0.717) is 4.90 Å². The highest BCUT2D eigenvalue weighted by molar-refractivity contribution is 7.92. The van der Waals surface area contributed by atoms with Gasteiger partial charge in [0.05, 0.1) is 10.1 Å². The van der Waals surface area contributed by atoms with Crippen LogP contribution in [0, 0.1) is 0 Å². The Kier molecular flexibility index (Phi) is 2.28. The van der Waals surface area contributed by atoms with Gasteiger partial charge in [-0.1, -0.05) is 23.4 Å². The van der Waals surface area contributed by atoms with Gasteiger partial charge in [-0.3, -0.25) is 4.79 Å². The molecule has 18 heavy (non-hydrogen) atoms. The standard InChI is InChI=1S/C11H11N3O3S/c15-10-11(13-14-12-10)6-9(7-11)18(16,17)8-4-2-1-3-5-8/h1-5,9H,6-7H2,(H,12,13,15). The maximum atomic E-state index is 12.3. The van der Waals surface area contributed by atoms with Crippen LogP contribution in [0.2, 0.25) is 0 Å².